The average Bonchev–Trinajstić information content (AvgIpc) is 3.18. The Balaban J connectivity index is 4.25. The van der Waals surface area contributed by atoms with Gasteiger partial charge in [0.05, 0.1) is 0 Å². The Labute approximate surface area is 355 Å². The summed E-state index contributed by atoms with van der Waals surface area (Å²) < 4.78 is 16.8. The minimum absolute atomic E-state index is 0.0646. The summed E-state index contributed by atoms with van der Waals surface area (Å²) in [7, 11) is 0. The molecular formula is C51H98O6. The van der Waals surface area contributed by atoms with Crippen LogP contribution in [0.3, 0.4) is 0 Å². The molecule has 0 aliphatic heterocycles. The maximum atomic E-state index is 12.8. The van der Waals surface area contributed by atoms with E-state index in [4.69, 9.17) is 14.2 Å². The third kappa shape index (κ3) is 45.3. The summed E-state index contributed by atoms with van der Waals surface area (Å²) in [5, 5.41) is 0. The van der Waals surface area contributed by atoms with Crippen molar-refractivity contribution in [2.75, 3.05) is 13.2 Å². The van der Waals surface area contributed by atoms with Crippen molar-refractivity contribution in [2.45, 2.75) is 285 Å². The largest absolute Gasteiger partial charge is 0.462 e. The third-order valence-corrected chi connectivity index (χ3v) is 11.5. The van der Waals surface area contributed by atoms with Crippen molar-refractivity contribution in [3.63, 3.8) is 0 Å². The fourth-order valence-electron chi connectivity index (χ4n) is 7.64. The Morgan fingerprint density at radius 3 is 0.860 bits per heavy atom. The standard InChI is InChI=1S/C51H98O6/c1-6-7-8-9-10-11-12-19-22-25-31-36-41-49(52)55-44-48(45-56-50(53)42-37-32-28-27-30-35-40-47(4)5)57-51(54)43-38-33-26-23-20-17-15-13-14-16-18-21-24-29-34-39-46(2)3/h46-48H,6-45H2,1-5H3/t48-/m1/s1. The summed E-state index contributed by atoms with van der Waals surface area (Å²) in [5.74, 6) is 0.757. The van der Waals surface area contributed by atoms with Crippen LogP contribution >= 0.6 is 0 Å². The average molecular weight is 807 g/mol. The van der Waals surface area contributed by atoms with Gasteiger partial charge in [0, 0.05) is 19.3 Å². The van der Waals surface area contributed by atoms with Gasteiger partial charge in [0.25, 0.3) is 0 Å². The van der Waals surface area contributed by atoms with Gasteiger partial charge >= 0.3 is 17.9 Å². The highest BCUT2D eigenvalue weighted by Crippen LogP contribution is 2.17. The van der Waals surface area contributed by atoms with Gasteiger partial charge in [0.15, 0.2) is 6.10 Å². The molecule has 6 heteroatoms. The molecule has 0 saturated carbocycles. The molecule has 0 amide bonds. The zero-order chi connectivity index (χ0) is 41.9. The lowest BCUT2D eigenvalue weighted by Gasteiger charge is -2.18. The Morgan fingerprint density at radius 1 is 0.333 bits per heavy atom. The van der Waals surface area contributed by atoms with Crippen molar-refractivity contribution in [2.24, 2.45) is 11.8 Å². The molecule has 0 aromatic heterocycles. The zero-order valence-corrected chi connectivity index (χ0v) is 39.0. The number of carbonyl (C=O) groups is 3. The van der Waals surface area contributed by atoms with Crippen LogP contribution in [-0.2, 0) is 28.6 Å². The number of unbranched alkanes of at least 4 members (excludes halogenated alkanes) is 30. The van der Waals surface area contributed by atoms with Crippen LogP contribution in [0.4, 0.5) is 0 Å². The fourth-order valence-corrected chi connectivity index (χ4v) is 7.64. The Hall–Kier alpha value is -1.59. The van der Waals surface area contributed by atoms with Gasteiger partial charge in [-0.1, -0.05) is 240 Å². The molecule has 0 aromatic rings. The molecule has 0 unspecified atom stereocenters. The van der Waals surface area contributed by atoms with Crippen molar-refractivity contribution in [1.29, 1.82) is 0 Å². The fraction of sp³-hybridized carbons (Fsp3) is 0.941. The predicted octanol–water partition coefficient (Wildman–Crippen LogP) is 16.1. The Kier molecular flexibility index (Phi) is 42.7. The van der Waals surface area contributed by atoms with Crippen molar-refractivity contribution in [1.82, 2.24) is 0 Å². The maximum Gasteiger partial charge on any atom is 0.306 e. The lowest BCUT2D eigenvalue weighted by molar-refractivity contribution is -0.167. The van der Waals surface area contributed by atoms with E-state index in [0.29, 0.717) is 19.3 Å². The van der Waals surface area contributed by atoms with Crippen molar-refractivity contribution in [3.05, 3.63) is 0 Å². The van der Waals surface area contributed by atoms with Gasteiger partial charge in [-0.15, -0.1) is 0 Å². The number of carbonyl (C=O) groups excluding carboxylic acids is 3. The highest BCUT2D eigenvalue weighted by molar-refractivity contribution is 5.71. The Bertz CT molecular complexity index is 870. The quantitative estimate of drug-likeness (QED) is 0.0346. The van der Waals surface area contributed by atoms with Crippen LogP contribution in [0.15, 0.2) is 0 Å². The molecule has 338 valence electrons. The highest BCUT2D eigenvalue weighted by Gasteiger charge is 2.19. The molecule has 0 radical (unpaired) electrons. The van der Waals surface area contributed by atoms with Crippen LogP contribution in [0.2, 0.25) is 0 Å². The normalized spacial score (nSPS) is 12.1. The topological polar surface area (TPSA) is 78.9 Å². The van der Waals surface area contributed by atoms with Crippen molar-refractivity contribution in [3.8, 4) is 0 Å². The second-order valence-corrected chi connectivity index (χ2v) is 18.4. The van der Waals surface area contributed by atoms with E-state index in [1.54, 1.807) is 0 Å². The van der Waals surface area contributed by atoms with Gasteiger partial charge in [0.2, 0.25) is 0 Å². The van der Waals surface area contributed by atoms with Crippen LogP contribution in [0.1, 0.15) is 279 Å². The van der Waals surface area contributed by atoms with E-state index in [-0.39, 0.29) is 31.1 Å². The maximum absolute atomic E-state index is 12.8. The summed E-state index contributed by atoms with van der Waals surface area (Å²) in [4.78, 5) is 37.8. The lowest BCUT2D eigenvalue weighted by atomic mass is 10.0. The van der Waals surface area contributed by atoms with E-state index in [0.717, 1.165) is 69.6 Å². The van der Waals surface area contributed by atoms with Crippen LogP contribution in [-0.4, -0.2) is 37.2 Å². The molecule has 0 saturated heterocycles. The van der Waals surface area contributed by atoms with Gasteiger partial charge < -0.3 is 14.2 Å². The summed E-state index contributed by atoms with van der Waals surface area (Å²) in [6.45, 7) is 11.3. The van der Waals surface area contributed by atoms with Crippen LogP contribution in [0.25, 0.3) is 0 Å². The molecule has 0 rings (SSSR count). The van der Waals surface area contributed by atoms with E-state index < -0.39 is 6.10 Å². The highest BCUT2D eigenvalue weighted by atomic mass is 16.6. The second-order valence-electron chi connectivity index (χ2n) is 18.4. The molecule has 0 heterocycles. The van der Waals surface area contributed by atoms with Crippen LogP contribution in [0.5, 0.6) is 0 Å². The number of hydrogen-bond donors (Lipinski definition) is 0. The molecule has 6 nitrogen and oxygen atoms in total. The predicted molar refractivity (Wildman–Crippen MR) is 243 cm³/mol. The summed E-state index contributed by atoms with van der Waals surface area (Å²) >= 11 is 0. The van der Waals surface area contributed by atoms with Gasteiger partial charge in [0.1, 0.15) is 13.2 Å². The molecule has 57 heavy (non-hydrogen) atoms. The summed E-state index contributed by atoms with van der Waals surface area (Å²) in [6.07, 6.45) is 43.9. The van der Waals surface area contributed by atoms with Crippen molar-refractivity contribution >= 4 is 17.9 Å². The monoisotopic (exact) mass is 807 g/mol. The molecule has 0 N–H and O–H groups in total. The van der Waals surface area contributed by atoms with E-state index in [9.17, 15) is 14.4 Å². The van der Waals surface area contributed by atoms with E-state index in [1.165, 1.54) is 167 Å². The SMILES string of the molecule is CCCCCCCCCCCCCCC(=O)OC[C@H](COC(=O)CCCCCCCCC(C)C)OC(=O)CCCCCCCCCCCCCCCCCC(C)C. The van der Waals surface area contributed by atoms with Crippen LogP contribution in [0, 0.1) is 11.8 Å². The van der Waals surface area contributed by atoms with Gasteiger partial charge in [-0.25, -0.2) is 0 Å². The first kappa shape index (κ1) is 55.4. The number of esters is 3. The summed E-state index contributed by atoms with van der Waals surface area (Å²) in [5.41, 5.74) is 0. The first-order valence-corrected chi connectivity index (χ1v) is 25.2. The van der Waals surface area contributed by atoms with Crippen molar-refractivity contribution < 1.29 is 28.6 Å². The first-order chi connectivity index (χ1) is 27.7. The van der Waals surface area contributed by atoms with E-state index in [1.807, 2.05) is 0 Å². The van der Waals surface area contributed by atoms with Gasteiger partial charge in [-0.2, -0.15) is 0 Å². The first-order valence-electron chi connectivity index (χ1n) is 25.2. The second kappa shape index (κ2) is 44.0. The molecule has 0 fully saturated rings. The summed E-state index contributed by atoms with van der Waals surface area (Å²) in [6, 6.07) is 0. The molecule has 0 spiro atoms. The third-order valence-electron chi connectivity index (χ3n) is 11.5. The minimum Gasteiger partial charge on any atom is -0.462 e. The number of ether oxygens (including phenoxy) is 3. The van der Waals surface area contributed by atoms with Gasteiger partial charge in [-0.3, -0.25) is 14.4 Å². The van der Waals surface area contributed by atoms with Gasteiger partial charge in [-0.05, 0) is 31.1 Å². The lowest BCUT2D eigenvalue weighted by Crippen LogP contribution is -2.30. The molecule has 0 aliphatic carbocycles. The molecule has 0 bridgehead atoms. The zero-order valence-electron chi connectivity index (χ0n) is 39.0. The number of hydrogen-bond acceptors (Lipinski definition) is 6. The van der Waals surface area contributed by atoms with E-state index in [2.05, 4.69) is 34.6 Å². The van der Waals surface area contributed by atoms with E-state index >= 15 is 0 Å². The molecule has 0 aliphatic rings. The molecular weight excluding hydrogens is 709 g/mol. The van der Waals surface area contributed by atoms with Crippen LogP contribution < -0.4 is 0 Å². The number of rotatable bonds is 45. The smallest absolute Gasteiger partial charge is 0.306 e. The minimum atomic E-state index is -0.761. The Morgan fingerprint density at radius 2 is 0.579 bits per heavy atom. The molecule has 1 atom stereocenters. The molecule has 0 aromatic carbocycles.